The number of H-pyrrole nitrogens is 1. The van der Waals surface area contributed by atoms with Crippen LogP contribution in [0.25, 0.3) is 10.9 Å². The molecule has 2 fully saturated rings. The van der Waals surface area contributed by atoms with Gasteiger partial charge in [-0.2, -0.15) is 0 Å². The van der Waals surface area contributed by atoms with Gasteiger partial charge in [-0.25, -0.2) is 0 Å². The first kappa shape index (κ1) is 21.5. The molecule has 0 unspecified atom stereocenters. The molecule has 6 heteroatoms. The average molecular weight is 439 g/mol. The van der Waals surface area contributed by atoms with Gasteiger partial charge in [-0.1, -0.05) is 25.5 Å². The van der Waals surface area contributed by atoms with Crippen molar-refractivity contribution < 1.29 is 19.4 Å². The van der Waals surface area contributed by atoms with Crippen LogP contribution in [0, 0.1) is 23.2 Å². The van der Waals surface area contributed by atoms with Crippen molar-refractivity contribution in [3.8, 4) is 5.75 Å². The normalized spacial score (nSPS) is 34.1. The third-order valence-corrected chi connectivity index (χ3v) is 8.48. The molecule has 1 aliphatic heterocycles. The van der Waals surface area contributed by atoms with E-state index in [9.17, 15) is 9.90 Å². The van der Waals surface area contributed by atoms with Gasteiger partial charge in [0.2, 0.25) is 0 Å². The molecule has 0 spiro atoms. The molecule has 2 heterocycles. The molecular formula is C26H34N2O4. The zero-order valence-corrected chi connectivity index (χ0v) is 19.2. The van der Waals surface area contributed by atoms with Crippen molar-refractivity contribution >= 4 is 16.9 Å². The van der Waals surface area contributed by atoms with Crippen LogP contribution in [0.3, 0.4) is 0 Å². The highest BCUT2D eigenvalue weighted by atomic mass is 16.6. The van der Waals surface area contributed by atoms with E-state index >= 15 is 0 Å². The maximum absolute atomic E-state index is 12.7. The van der Waals surface area contributed by atoms with Gasteiger partial charge in [-0.3, -0.25) is 4.79 Å². The summed E-state index contributed by atoms with van der Waals surface area (Å²) in [6.45, 7) is 5.70. The number of aliphatic hydroxyl groups is 1. The minimum absolute atomic E-state index is 0.143. The van der Waals surface area contributed by atoms with Gasteiger partial charge in [0.05, 0.1) is 19.1 Å². The molecule has 2 aliphatic carbocycles. The van der Waals surface area contributed by atoms with Crippen molar-refractivity contribution in [2.24, 2.45) is 23.2 Å². The number of nitrogens with one attached hydrogen (secondary N) is 2. The molecule has 2 aromatic rings. The van der Waals surface area contributed by atoms with E-state index in [1.807, 2.05) is 18.3 Å². The van der Waals surface area contributed by atoms with Crippen LogP contribution in [0.5, 0.6) is 5.75 Å². The highest BCUT2D eigenvalue weighted by molar-refractivity contribution is 5.84. The number of methoxy groups -OCH3 is 1. The molecule has 3 aliphatic rings. The van der Waals surface area contributed by atoms with Crippen LogP contribution in [0.4, 0.5) is 0 Å². The van der Waals surface area contributed by atoms with Crippen molar-refractivity contribution in [3.05, 3.63) is 41.6 Å². The van der Waals surface area contributed by atoms with Crippen LogP contribution in [0.1, 0.15) is 38.7 Å². The number of carbonyl (C=O) groups is 1. The zero-order valence-electron chi connectivity index (χ0n) is 19.2. The summed E-state index contributed by atoms with van der Waals surface area (Å²) in [6.07, 6.45) is 7.30. The Hall–Kier alpha value is -2.31. The molecule has 1 saturated carbocycles. The monoisotopic (exact) mass is 438 g/mol. The van der Waals surface area contributed by atoms with Gasteiger partial charge in [0.25, 0.3) is 0 Å². The molecule has 1 saturated heterocycles. The van der Waals surface area contributed by atoms with Gasteiger partial charge in [-0.15, -0.1) is 0 Å². The Kier molecular flexibility index (Phi) is 5.54. The van der Waals surface area contributed by atoms with Crippen molar-refractivity contribution in [1.82, 2.24) is 10.3 Å². The van der Waals surface area contributed by atoms with E-state index in [4.69, 9.17) is 9.47 Å². The standard InChI is InChI=1S/C26H34N2O4/c1-15-5-4-6-17-11-22-23(24(29)26(15,17)2)20(25(30)32-22)14-27-10-9-16-13-28-21-8-7-18(31-3)12-19(16)21/h6-8,12-13,15,20,22-24,27-29H,4-5,9-11,14H2,1-3H3/t15-,20+,22-,23-,24+,26-/m1/s1. The predicted molar refractivity (Wildman–Crippen MR) is 123 cm³/mol. The van der Waals surface area contributed by atoms with Crippen LogP contribution in [0.2, 0.25) is 0 Å². The lowest BCUT2D eigenvalue weighted by molar-refractivity contribution is -0.144. The molecule has 6 atom stereocenters. The molecule has 172 valence electrons. The number of ether oxygens (including phenoxy) is 2. The van der Waals surface area contributed by atoms with Gasteiger partial charge in [0.1, 0.15) is 11.9 Å². The lowest BCUT2D eigenvalue weighted by Gasteiger charge is -2.51. The average Bonchev–Trinajstić information content (AvgIpc) is 3.33. The summed E-state index contributed by atoms with van der Waals surface area (Å²) in [5.74, 6) is 0.636. The lowest BCUT2D eigenvalue weighted by Crippen LogP contribution is -2.54. The Bertz CT molecular complexity index is 1040. The van der Waals surface area contributed by atoms with E-state index in [-0.39, 0.29) is 29.3 Å². The molecule has 0 amide bonds. The first-order valence-electron chi connectivity index (χ1n) is 11.9. The maximum Gasteiger partial charge on any atom is 0.311 e. The number of hydrogen-bond donors (Lipinski definition) is 3. The topological polar surface area (TPSA) is 83.6 Å². The van der Waals surface area contributed by atoms with E-state index < -0.39 is 6.10 Å². The minimum atomic E-state index is -0.554. The van der Waals surface area contributed by atoms with Crippen molar-refractivity contribution in [2.45, 2.75) is 51.7 Å². The van der Waals surface area contributed by atoms with E-state index in [1.165, 1.54) is 11.1 Å². The van der Waals surface area contributed by atoms with Crippen molar-refractivity contribution in [3.63, 3.8) is 0 Å². The first-order valence-corrected chi connectivity index (χ1v) is 11.9. The van der Waals surface area contributed by atoms with Gasteiger partial charge in [0, 0.05) is 41.4 Å². The number of esters is 1. The minimum Gasteiger partial charge on any atom is -0.497 e. The molecule has 6 nitrogen and oxygen atoms in total. The number of fused-ring (bicyclic) bond motifs is 3. The number of aromatic nitrogens is 1. The van der Waals surface area contributed by atoms with Gasteiger partial charge < -0.3 is 24.9 Å². The van der Waals surface area contributed by atoms with Gasteiger partial charge in [-0.05, 0) is 55.5 Å². The summed E-state index contributed by atoms with van der Waals surface area (Å²) in [5, 5.41) is 16.1. The SMILES string of the molecule is COc1ccc2[nH]cc(CCNC[C@@H]3C(=O)O[C@@H]4CC5=CCC[C@@H](C)[C@@]5(C)[C@@H](O)[C@H]34)c2c1. The Balaban J connectivity index is 1.25. The summed E-state index contributed by atoms with van der Waals surface area (Å²) in [6, 6.07) is 6.03. The summed E-state index contributed by atoms with van der Waals surface area (Å²) in [5.41, 5.74) is 3.33. The highest BCUT2D eigenvalue weighted by Gasteiger charge is 2.59. The molecule has 0 bridgehead atoms. The number of rotatable bonds is 6. The largest absolute Gasteiger partial charge is 0.497 e. The number of hydrogen-bond acceptors (Lipinski definition) is 5. The van der Waals surface area contributed by atoms with Crippen molar-refractivity contribution in [2.75, 3.05) is 20.2 Å². The second-order valence-electron chi connectivity index (χ2n) is 9.98. The van der Waals surface area contributed by atoms with Crippen LogP contribution >= 0.6 is 0 Å². The Morgan fingerprint density at radius 3 is 3.03 bits per heavy atom. The third kappa shape index (κ3) is 3.35. The molecule has 0 radical (unpaired) electrons. The van der Waals surface area contributed by atoms with E-state index in [2.05, 4.69) is 36.3 Å². The van der Waals surface area contributed by atoms with Crippen LogP contribution in [0.15, 0.2) is 36.0 Å². The second-order valence-corrected chi connectivity index (χ2v) is 9.98. The molecule has 1 aromatic heterocycles. The smallest absolute Gasteiger partial charge is 0.311 e. The number of aromatic amines is 1. The number of allylic oxidation sites excluding steroid dienone is 1. The van der Waals surface area contributed by atoms with Gasteiger partial charge >= 0.3 is 5.97 Å². The second kappa shape index (κ2) is 8.23. The van der Waals surface area contributed by atoms with Crippen LogP contribution < -0.4 is 10.1 Å². The fourth-order valence-corrected chi connectivity index (χ4v) is 6.27. The van der Waals surface area contributed by atoms with E-state index in [1.54, 1.807) is 7.11 Å². The van der Waals surface area contributed by atoms with Crippen molar-refractivity contribution in [1.29, 1.82) is 0 Å². The molecular weight excluding hydrogens is 404 g/mol. The zero-order chi connectivity index (χ0) is 22.5. The molecule has 5 rings (SSSR count). The summed E-state index contributed by atoms with van der Waals surface area (Å²) < 4.78 is 11.1. The third-order valence-electron chi connectivity index (χ3n) is 8.48. The Morgan fingerprint density at radius 1 is 1.38 bits per heavy atom. The number of carbonyl (C=O) groups excluding carboxylic acids is 1. The summed E-state index contributed by atoms with van der Waals surface area (Å²) in [4.78, 5) is 16.0. The van der Waals surface area contributed by atoms with Crippen LogP contribution in [-0.2, 0) is 16.0 Å². The Morgan fingerprint density at radius 2 is 2.22 bits per heavy atom. The predicted octanol–water partition coefficient (Wildman–Crippen LogP) is 3.59. The van der Waals surface area contributed by atoms with E-state index in [0.717, 1.165) is 48.9 Å². The first-order chi connectivity index (χ1) is 15.4. The fraction of sp³-hybridized carbons (Fsp3) is 0.577. The summed E-state index contributed by atoms with van der Waals surface area (Å²) in [7, 11) is 1.68. The van der Waals surface area contributed by atoms with E-state index in [0.29, 0.717) is 12.5 Å². The quantitative estimate of drug-likeness (QED) is 0.365. The number of benzene rings is 1. The van der Waals surface area contributed by atoms with Gasteiger partial charge in [0.15, 0.2) is 0 Å². The Labute approximate surface area is 189 Å². The lowest BCUT2D eigenvalue weighted by atomic mass is 9.55. The molecule has 32 heavy (non-hydrogen) atoms. The highest BCUT2D eigenvalue weighted by Crippen LogP contribution is 2.55. The fourth-order valence-electron chi connectivity index (χ4n) is 6.27. The molecule has 3 N–H and O–H groups in total. The molecule has 1 aromatic carbocycles. The summed E-state index contributed by atoms with van der Waals surface area (Å²) >= 11 is 0. The van der Waals surface area contributed by atoms with Crippen LogP contribution in [-0.4, -0.2) is 48.5 Å². The number of aliphatic hydroxyl groups excluding tert-OH is 1. The maximum atomic E-state index is 12.7.